The van der Waals surface area contributed by atoms with Crippen LogP contribution in [-0.2, 0) is 14.9 Å². The van der Waals surface area contributed by atoms with Gasteiger partial charge in [0.05, 0.1) is 12.0 Å². The van der Waals surface area contributed by atoms with Crippen LogP contribution >= 0.6 is 0 Å². The van der Waals surface area contributed by atoms with E-state index in [0.717, 1.165) is 5.56 Å². The molecule has 16 heavy (non-hydrogen) atoms. The monoisotopic (exact) mass is 250 g/mol. The third kappa shape index (κ3) is 3.92. The Balaban J connectivity index is 0.00000225. The van der Waals surface area contributed by atoms with E-state index in [0.29, 0.717) is 5.76 Å². The number of allylic oxidation sites excluding steroid dienone is 1. The first-order valence-corrected chi connectivity index (χ1v) is 5.66. The Labute approximate surface area is 117 Å². The van der Waals surface area contributed by atoms with Crippen LogP contribution in [0.3, 0.4) is 0 Å². The largest absolute Gasteiger partial charge is 1.00 e. The number of methoxy groups -OCH3 is 1. The molecule has 82 valence electrons. The Morgan fingerprint density at radius 1 is 1.31 bits per heavy atom. The summed E-state index contributed by atoms with van der Waals surface area (Å²) in [4.78, 5) is -0.238. The second-order valence-corrected chi connectivity index (χ2v) is 4.22. The molecule has 0 spiro atoms. The van der Waals surface area contributed by atoms with Crippen molar-refractivity contribution in [2.24, 2.45) is 0 Å². The van der Waals surface area contributed by atoms with Gasteiger partial charge in [-0.3, -0.25) is 0 Å². The summed E-state index contributed by atoms with van der Waals surface area (Å²) in [5.41, 5.74) is 0.729. The van der Waals surface area contributed by atoms with Crippen molar-refractivity contribution in [3.63, 3.8) is 0 Å². The fraction of sp³-hybridized carbons (Fsp3) is 0.200. The molecular formula is C10H11NaO4S. The van der Waals surface area contributed by atoms with Crippen molar-refractivity contribution in [3.05, 3.63) is 35.9 Å². The minimum absolute atomic E-state index is 0. The molecule has 0 aliphatic heterocycles. The molecule has 0 aliphatic rings. The van der Waals surface area contributed by atoms with E-state index in [1.807, 2.05) is 0 Å². The Hall–Kier alpha value is -0.330. The molecule has 1 aromatic carbocycles. The zero-order valence-electron chi connectivity index (χ0n) is 9.43. The maximum Gasteiger partial charge on any atom is 1.00 e. The maximum atomic E-state index is 10.7. The molecule has 1 aromatic rings. The Morgan fingerprint density at radius 2 is 1.81 bits per heavy atom. The maximum absolute atomic E-state index is 10.7. The third-order valence-electron chi connectivity index (χ3n) is 1.91. The summed E-state index contributed by atoms with van der Waals surface area (Å²) in [6.07, 6.45) is 1.75. The van der Waals surface area contributed by atoms with Crippen LogP contribution in [0.1, 0.15) is 12.5 Å². The minimum Gasteiger partial charge on any atom is -0.744 e. The molecule has 0 saturated carbocycles. The van der Waals surface area contributed by atoms with E-state index < -0.39 is 10.1 Å². The van der Waals surface area contributed by atoms with Crippen molar-refractivity contribution in [2.75, 3.05) is 7.11 Å². The minimum atomic E-state index is -4.37. The van der Waals surface area contributed by atoms with Gasteiger partial charge in [-0.15, -0.1) is 0 Å². The molecule has 0 aliphatic carbocycles. The molecule has 0 heterocycles. The first-order chi connectivity index (χ1) is 6.99. The van der Waals surface area contributed by atoms with E-state index in [9.17, 15) is 13.0 Å². The fourth-order valence-corrected chi connectivity index (χ4v) is 1.66. The van der Waals surface area contributed by atoms with Crippen LogP contribution in [0.4, 0.5) is 0 Å². The molecule has 1 rings (SSSR count). The summed E-state index contributed by atoms with van der Waals surface area (Å²) in [6, 6.07) is 5.59. The topological polar surface area (TPSA) is 66.4 Å². The van der Waals surface area contributed by atoms with Gasteiger partial charge in [-0.2, -0.15) is 0 Å². The molecule has 0 N–H and O–H groups in total. The molecular weight excluding hydrogens is 239 g/mol. The fourth-order valence-electron chi connectivity index (χ4n) is 1.19. The third-order valence-corrected chi connectivity index (χ3v) is 2.76. The zero-order chi connectivity index (χ0) is 11.5. The van der Waals surface area contributed by atoms with Crippen LogP contribution < -0.4 is 29.6 Å². The Kier molecular flexibility index (Phi) is 6.28. The standard InChI is InChI=1S/C10H12O4S.Na/c1-3-10(14-2)8-4-6-9(7-5-8)15(11,12)13;/h3-7H,1-2H3,(H,11,12,13);/q;+1/p-1. The van der Waals surface area contributed by atoms with Gasteiger partial charge < -0.3 is 9.29 Å². The van der Waals surface area contributed by atoms with Gasteiger partial charge in [-0.1, -0.05) is 12.1 Å². The van der Waals surface area contributed by atoms with Crippen LogP contribution in [0.2, 0.25) is 0 Å². The summed E-state index contributed by atoms with van der Waals surface area (Å²) in [5.74, 6) is 0.629. The van der Waals surface area contributed by atoms with Crippen LogP contribution in [0.15, 0.2) is 35.2 Å². The van der Waals surface area contributed by atoms with E-state index in [2.05, 4.69) is 0 Å². The molecule has 0 atom stereocenters. The first-order valence-electron chi connectivity index (χ1n) is 4.25. The molecule has 0 amide bonds. The SMILES string of the molecule is CC=C(OC)c1ccc(S(=O)(=O)[O-])cc1.[Na+]. The van der Waals surface area contributed by atoms with Crippen LogP contribution in [0.5, 0.6) is 0 Å². The number of hydrogen-bond acceptors (Lipinski definition) is 4. The van der Waals surface area contributed by atoms with Gasteiger partial charge in [0.25, 0.3) is 0 Å². The molecule has 4 nitrogen and oxygen atoms in total. The van der Waals surface area contributed by atoms with E-state index in [4.69, 9.17) is 4.74 Å². The zero-order valence-corrected chi connectivity index (χ0v) is 12.2. The summed E-state index contributed by atoms with van der Waals surface area (Å²) >= 11 is 0. The van der Waals surface area contributed by atoms with Crippen molar-refractivity contribution in [2.45, 2.75) is 11.8 Å². The van der Waals surface area contributed by atoms with E-state index >= 15 is 0 Å². The summed E-state index contributed by atoms with van der Waals surface area (Å²) in [6.45, 7) is 1.80. The predicted molar refractivity (Wildman–Crippen MR) is 55.1 cm³/mol. The average Bonchev–Trinajstić information content (AvgIpc) is 2.19. The molecule has 0 unspecified atom stereocenters. The van der Waals surface area contributed by atoms with E-state index in [1.165, 1.54) is 31.4 Å². The van der Waals surface area contributed by atoms with E-state index in [-0.39, 0.29) is 34.5 Å². The number of ether oxygens (including phenoxy) is 1. The average molecular weight is 250 g/mol. The number of hydrogen-bond donors (Lipinski definition) is 0. The molecule has 6 heteroatoms. The molecule has 0 bridgehead atoms. The normalized spacial score (nSPS) is 11.8. The van der Waals surface area contributed by atoms with Crippen molar-refractivity contribution < 1.29 is 47.3 Å². The molecule has 0 aromatic heterocycles. The van der Waals surface area contributed by atoms with Gasteiger partial charge in [0.1, 0.15) is 15.9 Å². The Bertz CT molecular complexity index is 462. The van der Waals surface area contributed by atoms with Crippen LogP contribution in [0.25, 0.3) is 5.76 Å². The van der Waals surface area contributed by atoms with Crippen LogP contribution in [-0.4, -0.2) is 20.1 Å². The molecule has 0 fully saturated rings. The quantitative estimate of drug-likeness (QED) is 0.376. The summed E-state index contributed by atoms with van der Waals surface area (Å²) in [5, 5.41) is 0. The molecule has 0 radical (unpaired) electrons. The number of benzene rings is 1. The number of rotatable bonds is 3. The van der Waals surface area contributed by atoms with Crippen molar-refractivity contribution in [1.29, 1.82) is 0 Å². The second kappa shape index (κ2) is 6.42. The van der Waals surface area contributed by atoms with Gasteiger partial charge in [0.15, 0.2) is 0 Å². The summed E-state index contributed by atoms with van der Waals surface area (Å²) < 4.78 is 37.0. The molecule has 0 saturated heterocycles. The smallest absolute Gasteiger partial charge is 0.744 e. The van der Waals surface area contributed by atoms with Crippen molar-refractivity contribution in [3.8, 4) is 0 Å². The Morgan fingerprint density at radius 3 is 2.12 bits per heavy atom. The van der Waals surface area contributed by atoms with E-state index in [1.54, 1.807) is 13.0 Å². The van der Waals surface area contributed by atoms with Gasteiger partial charge in [-0.25, -0.2) is 8.42 Å². The van der Waals surface area contributed by atoms with Gasteiger partial charge in [0, 0.05) is 5.56 Å². The predicted octanol–water partition coefficient (Wildman–Crippen LogP) is -1.40. The van der Waals surface area contributed by atoms with Crippen molar-refractivity contribution in [1.82, 2.24) is 0 Å². The summed E-state index contributed by atoms with van der Waals surface area (Å²) in [7, 11) is -2.85. The van der Waals surface area contributed by atoms with Crippen LogP contribution in [0, 0.1) is 0 Å². The second-order valence-electron chi connectivity index (χ2n) is 2.84. The van der Waals surface area contributed by atoms with Crippen molar-refractivity contribution >= 4 is 15.9 Å². The van der Waals surface area contributed by atoms with Gasteiger partial charge >= 0.3 is 29.6 Å². The first kappa shape index (κ1) is 15.7. The van der Waals surface area contributed by atoms with Gasteiger partial charge in [0.2, 0.25) is 0 Å². The van der Waals surface area contributed by atoms with Gasteiger partial charge in [-0.05, 0) is 25.1 Å².